The van der Waals surface area contributed by atoms with Gasteiger partial charge in [0.05, 0.1) is 22.8 Å². The van der Waals surface area contributed by atoms with Crippen molar-refractivity contribution in [3.63, 3.8) is 0 Å². The van der Waals surface area contributed by atoms with E-state index in [1.54, 1.807) is 4.90 Å². The number of aromatic carboxylic acids is 1. The number of nitro benzene ring substituents is 1. The minimum atomic E-state index is -1.23. The molecule has 0 saturated heterocycles. The monoisotopic (exact) mass is 268 g/mol. The zero-order valence-corrected chi connectivity index (χ0v) is 10.7. The number of aliphatic hydroxyl groups excluding tert-OH is 1. The Morgan fingerprint density at radius 2 is 2.11 bits per heavy atom. The summed E-state index contributed by atoms with van der Waals surface area (Å²) in [6.45, 7) is 3.83. The average molecular weight is 268 g/mol. The number of non-ortho nitro benzene ring substituents is 1. The summed E-state index contributed by atoms with van der Waals surface area (Å²) in [6.07, 6.45) is 0. The summed E-state index contributed by atoms with van der Waals surface area (Å²) in [5.74, 6) is -1.23. The molecule has 19 heavy (non-hydrogen) atoms. The molecule has 0 aliphatic rings. The number of rotatable bonds is 6. The molecule has 0 aliphatic heterocycles. The molecule has 1 aromatic carbocycles. The molecule has 0 aromatic heterocycles. The van der Waals surface area contributed by atoms with Crippen molar-refractivity contribution in [2.75, 3.05) is 18.1 Å². The number of hydrogen-bond donors (Lipinski definition) is 2. The lowest BCUT2D eigenvalue weighted by atomic mass is 10.1. The van der Waals surface area contributed by atoms with Crippen molar-refractivity contribution in [2.24, 2.45) is 0 Å². The molecule has 0 heterocycles. The Labute approximate surface area is 110 Å². The number of nitrogens with zero attached hydrogens (tertiary/aromatic N) is 2. The quantitative estimate of drug-likeness (QED) is 0.598. The lowest BCUT2D eigenvalue weighted by Crippen LogP contribution is -2.34. The molecule has 2 N–H and O–H groups in total. The summed E-state index contributed by atoms with van der Waals surface area (Å²) < 4.78 is 0. The first-order chi connectivity index (χ1) is 8.88. The third-order valence-electron chi connectivity index (χ3n) is 2.70. The van der Waals surface area contributed by atoms with Crippen LogP contribution in [0.3, 0.4) is 0 Å². The highest BCUT2D eigenvalue weighted by Gasteiger charge is 2.21. The van der Waals surface area contributed by atoms with Crippen molar-refractivity contribution in [2.45, 2.75) is 19.9 Å². The predicted octanol–water partition coefficient (Wildman–Crippen LogP) is 1.50. The molecule has 0 aliphatic carbocycles. The third-order valence-corrected chi connectivity index (χ3v) is 2.70. The third kappa shape index (κ3) is 3.41. The maximum absolute atomic E-state index is 11.2. The number of carboxylic acid groups (broad SMARTS) is 1. The molecule has 0 bridgehead atoms. The first kappa shape index (κ1) is 14.9. The average Bonchev–Trinajstić information content (AvgIpc) is 2.34. The Morgan fingerprint density at radius 1 is 1.47 bits per heavy atom. The molecule has 7 nitrogen and oxygen atoms in total. The number of aliphatic hydroxyl groups is 1. The van der Waals surface area contributed by atoms with Gasteiger partial charge in [-0.25, -0.2) is 4.79 Å². The van der Waals surface area contributed by atoms with Gasteiger partial charge in [-0.05, 0) is 19.9 Å². The maximum Gasteiger partial charge on any atom is 0.338 e. The number of nitro groups is 1. The molecule has 0 unspecified atom stereocenters. The van der Waals surface area contributed by atoms with E-state index in [4.69, 9.17) is 10.2 Å². The zero-order valence-electron chi connectivity index (χ0n) is 10.7. The van der Waals surface area contributed by atoms with E-state index in [9.17, 15) is 14.9 Å². The lowest BCUT2D eigenvalue weighted by Gasteiger charge is -2.29. The maximum atomic E-state index is 11.2. The van der Waals surface area contributed by atoms with Crippen LogP contribution in [0.4, 0.5) is 11.4 Å². The molecule has 0 fully saturated rings. The van der Waals surface area contributed by atoms with Crippen LogP contribution in [-0.4, -0.2) is 40.3 Å². The van der Waals surface area contributed by atoms with E-state index in [1.807, 2.05) is 13.8 Å². The molecule has 7 heteroatoms. The van der Waals surface area contributed by atoms with Crippen molar-refractivity contribution >= 4 is 17.3 Å². The van der Waals surface area contributed by atoms with Gasteiger partial charge < -0.3 is 15.1 Å². The van der Waals surface area contributed by atoms with Crippen molar-refractivity contribution in [3.05, 3.63) is 33.9 Å². The summed E-state index contributed by atoms with van der Waals surface area (Å²) in [6, 6.07) is 3.66. The molecule has 1 aromatic rings. The Morgan fingerprint density at radius 3 is 2.53 bits per heavy atom. The molecule has 1 rings (SSSR count). The van der Waals surface area contributed by atoms with Crippen LogP contribution in [0.25, 0.3) is 0 Å². The smallest absolute Gasteiger partial charge is 0.338 e. The second-order valence-electron chi connectivity index (χ2n) is 4.27. The standard InChI is InChI=1S/C12H16N2O5/c1-8(2)13(5-6-15)11-4-3-9(14(18)19)7-10(11)12(16)17/h3-4,7-8,15H,5-6H2,1-2H3,(H,16,17). The van der Waals surface area contributed by atoms with Gasteiger partial charge in [0.25, 0.3) is 5.69 Å². The molecular formula is C12H16N2O5. The molecule has 0 amide bonds. The highest BCUT2D eigenvalue weighted by Crippen LogP contribution is 2.27. The number of benzene rings is 1. The van der Waals surface area contributed by atoms with Gasteiger partial charge in [-0.3, -0.25) is 10.1 Å². The summed E-state index contributed by atoms with van der Waals surface area (Å²) >= 11 is 0. The van der Waals surface area contributed by atoms with E-state index in [0.29, 0.717) is 5.69 Å². The second kappa shape index (κ2) is 6.14. The predicted molar refractivity (Wildman–Crippen MR) is 69.6 cm³/mol. The van der Waals surface area contributed by atoms with Crippen LogP contribution in [0.1, 0.15) is 24.2 Å². The topological polar surface area (TPSA) is 104 Å². The molecule has 104 valence electrons. The number of hydrogen-bond acceptors (Lipinski definition) is 5. The van der Waals surface area contributed by atoms with Gasteiger partial charge in [0.1, 0.15) is 0 Å². The second-order valence-corrected chi connectivity index (χ2v) is 4.27. The van der Waals surface area contributed by atoms with Gasteiger partial charge in [-0.1, -0.05) is 0 Å². The van der Waals surface area contributed by atoms with Crippen LogP contribution in [-0.2, 0) is 0 Å². The van der Waals surface area contributed by atoms with E-state index < -0.39 is 10.9 Å². The zero-order chi connectivity index (χ0) is 14.6. The van der Waals surface area contributed by atoms with Crippen molar-refractivity contribution in [3.8, 4) is 0 Å². The highest BCUT2D eigenvalue weighted by molar-refractivity contribution is 5.95. The van der Waals surface area contributed by atoms with E-state index >= 15 is 0 Å². The van der Waals surface area contributed by atoms with Gasteiger partial charge in [0, 0.05) is 24.7 Å². The Kier molecular flexibility index (Phi) is 4.82. The summed E-state index contributed by atoms with van der Waals surface area (Å²) in [7, 11) is 0. The van der Waals surface area contributed by atoms with E-state index in [-0.39, 0.29) is 30.4 Å². The fourth-order valence-electron chi connectivity index (χ4n) is 1.82. The molecule has 0 radical (unpaired) electrons. The molecule has 0 atom stereocenters. The van der Waals surface area contributed by atoms with Crippen LogP contribution < -0.4 is 4.90 Å². The SMILES string of the molecule is CC(C)N(CCO)c1ccc([N+](=O)[O-])cc1C(=O)O. The fraction of sp³-hybridized carbons (Fsp3) is 0.417. The molecular weight excluding hydrogens is 252 g/mol. The van der Waals surface area contributed by atoms with Crippen molar-refractivity contribution in [1.29, 1.82) is 0 Å². The first-order valence-electron chi connectivity index (χ1n) is 5.77. The van der Waals surface area contributed by atoms with E-state index in [1.165, 1.54) is 12.1 Å². The largest absolute Gasteiger partial charge is 0.478 e. The Bertz CT molecular complexity index is 487. The van der Waals surface area contributed by atoms with Gasteiger partial charge in [0.15, 0.2) is 0 Å². The summed E-state index contributed by atoms with van der Waals surface area (Å²) in [4.78, 5) is 22.9. The van der Waals surface area contributed by atoms with Gasteiger partial charge in [0.2, 0.25) is 0 Å². The summed E-state index contributed by atoms with van der Waals surface area (Å²) in [5.41, 5.74) is -0.0487. The van der Waals surface area contributed by atoms with Crippen LogP contribution >= 0.6 is 0 Å². The fourth-order valence-corrected chi connectivity index (χ4v) is 1.82. The van der Waals surface area contributed by atoms with Crippen LogP contribution in [0.15, 0.2) is 18.2 Å². The normalized spacial score (nSPS) is 10.5. The first-order valence-corrected chi connectivity index (χ1v) is 5.77. The van der Waals surface area contributed by atoms with Gasteiger partial charge >= 0.3 is 5.97 Å². The van der Waals surface area contributed by atoms with Gasteiger partial charge in [-0.2, -0.15) is 0 Å². The van der Waals surface area contributed by atoms with Crippen LogP contribution in [0.5, 0.6) is 0 Å². The number of carboxylic acids is 1. The molecule has 0 saturated carbocycles. The minimum Gasteiger partial charge on any atom is -0.478 e. The molecule has 0 spiro atoms. The number of carbonyl (C=O) groups is 1. The van der Waals surface area contributed by atoms with Crippen LogP contribution in [0.2, 0.25) is 0 Å². The van der Waals surface area contributed by atoms with Gasteiger partial charge in [-0.15, -0.1) is 0 Å². The number of anilines is 1. The van der Waals surface area contributed by atoms with Crippen molar-refractivity contribution in [1.82, 2.24) is 0 Å². The highest BCUT2D eigenvalue weighted by atomic mass is 16.6. The minimum absolute atomic E-state index is 0.0355. The Balaban J connectivity index is 3.32. The summed E-state index contributed by atoms with van der Waals surface area (Å²) in [5, 5.41) is 28.9. The van der Waals surface area contributed by atoms with E-state index in [0.717, 1.165) is 6.07 Å². The van der Waals surface area contributed by atoms with E-state index in [2.05, 4.69) is 0 Å². The van der Waals surface area contributed by atoms with Crippen molar-refractivity contribution < 1.29 is 19.9 Å². The lowest BCUT2D eigenvalue weighted by molar-refractivity contribution is -0.384. The van der Waals surface area contributed by atoms with Crippen LogP contribution in [0, 0.1) is 10.1 Å². The Hall–Kier alpha value is -2.15.